The van der Waals surface area contributed by atoms with E-state index in [1.54, 1.807) is 38.1 Å². The van der Waals surface area contributed by atoms with E-state index in [9.17, 15) is 9.36 Å². The molecule has 1 aromatic rings. The lowest BCUT2D eigenvalue weighted by molar-refractivity contribution is 0.152. The molecule has 0 radical (unpaired) electrons. The van der Waals surface area contributed by atoms with Gasteiger partial charge in [-0.1, -0.05) is 19.1 Å². The van der Waals surface area contributed by atoms with Gasteiger partial charge in [0.2, 0.25) is 0 Å². The van der Waals surface area contributed by atoms with E-state index in [-0.39, 0.29) is 13.2 Å². The summed E-state index contributed by atoms with van der Waals surface area (Å²) in [6.45, 7) is 2.69. The number of nitrogens with one attached hydrogen (secondary N) is 1. The van der Waals surface area contributed by atoms with Crippen molar-refractivity contribution in [1.29, 1.82) is 0 Å². The van der Waals surface area contributed by atoms with Gasteiger partial charge < -0.3 is 9.26 Å². The minimum atomic E-state index is -3.30. The second-order valence-electron chi connectivity index (χ2n) is 4.42. The number of hydrazone groups is 1. The van der Waals surface area contributed by atoms with Gasteiger partial charge in [-0.3, -0.25) is 4.52 Å². The number of carbonyl (C=O) groups is 1. The number of ether oxygens (including phenoxy) is 1. The summed E-state index contributed by atoms with van der Waals surface area (Å²) >= 11 is 1.16. The van der Waals surface area contributed by atoms with Crippen molar-refractivity contribution in [3.63, 3.8) is 0 Å². The number of benzene rings is 1. The van der Waals surface area contributed by atoms with Crippen LogP contribution in [-0.2, 0) is 13.8 Å². The van der Waals surface area contributed by atoms with E-state index in [4.69, 9.17) is 13.8 Å². The number of para-hydroxylation sites is 1. The molecule has 1 N–H and O–H groups in total. The highest BCUT2D eigenvalue weighted by Crippen LogP contribution is 2.60. The predicted molar refractivity (Wildman–Crippen MR) is 96.8 cm³/mol. The molecule has 7 nitrogen and oxygen atoms in total. The summed E-state index contributed by atoms with van der Waals surface area (Å²) in [5.41, 5.74) is 2.79. The van der Waals surface area contributed by atoms with Crippen LogP contribution in [0.4, 0.5) is 4.79 Å². The molecule has 0 heterocycles. The van der Waals surface area contributed by atoms with Gasteiger partial charge in [-0.2, -0.15) is 5.10 Å². The van der Waals surface area contributed by atoms with Gasteiger partial charge in [0, 0.05) is 11.3 Å². The lowest BCUT2D eigenvalue weighted by Gasteiger charge is -2.18. The van der Waals surface area contributed by atoms with Crippen molar-refractivity contribution in [2.75, 3.05) is 19.0 Å². The van der Waals surface area contributed by atoms with Crippen LogP contribution in [0.1, 0.15) is 32.8 Å². The van der Waals surface area contributed by atoms with Crippen molar-refractivity contribution in [3.05, 3.63) is 29.8 Å². The molecule has 1 amide bonds. The van der Waals surface area contributed by atoms with Crippen molar-refractivity contribution < 1.29 is 23.1 Å². The highest BCUT2D eigenvalue weighted by Gasteiger charge is 2.27. The zero-order chi connectivity index (χ0) is 17.8. The first kappa shape index (κ1) is 20.5. The molecule has 9 heteroatoms. The van der Waals surface area contributed by atoms with Gasteiger partial charge in [0.05, 0.1) is 19.4 Å². The van der Waals surface area contributed by atoms with Crippen LogP contribution < -0.4 is 9.95 Å². The molecule has 1 aromatic carbocycles. The van der Waals surface area contributed by atoms with Crippen LogP contribution in [0.2, 0.25) is 0 Å². The van der Waals surface area contributed by atoms with Crippen molar-refractivity contribution in [2.24, 2.45) is 5.10 Å². The normalized spacial score (nSPS) is 13.5. The Hall–Kier alpha value is -1.50. The van der Waals surface area contributed by atoms with Crippen LogP contribution in [0.25, 0.3) is 0 Å². The van der Waals surface area contributed by atoms with Crippen LogP contribution in [0, 0.1) is 0 Å². The second-order valence-corrected chi connectivity index (χ2v) is 8.54. The van der Waals surface area contributed by atoms with E-state index in [2.05, 4.69) is 10.5 Å². The lowest BCUT2D eigenvalue weighted by atomic mass is 10.2. The Morgan fingerprint density at radius 2 is 2.04 bits per heavy atom. The third kappa shape index (κ3) is 7.38. The summed E-state index contributed by atoms with van der Waals surface area (Å²) in [5.74, 6) is 1.03. The average molecular weight is 374 g/mol. The molecular formula is C15H23N2O5PS. The molecule has 134 valence electrons. The predicted octanol–water partition coefficient (Wildman–Crippen LogP) is 4.43. The Labute approximate surface area is 146 Å². The number of hydrogen-bond acceptors (Lipinski definition) is 7. The first-order chi connectivity index (χ1) is 11.5. The first-order valence-electron chi connectivity index (χ1n) is 7.68. The molecule has 0 aliphatic carbocycles. The fraction of sp³-hybridized carbons (Fsp3) is 0.467. The summed E-state index contributed by atoms with van der Waals surface area (Å²) in [4.78, 5) is 11.2. The zero-order valence-electron chi connectivity index (χ0n) is 14.1. The maximum absolute atomic E-state index is 12.7. The molecule has 0 aromatic heterocycles. The van der Waals surface area contributed by atoms with Gasteiger partial charge in [0.15, 0.2) is 0 Å². The van der Waals surface area contributed by atoms with Crippen molar-refractivity contribution in [3.8, 4) is 5.75 Å². The second kappa shape index (κ2) is 11.1. The Balaban J connectivity index is 2.86. The third-order valence-electron chi connectivity index (χ3n) is 2.50. The lowest BCUT2D eigenvalue weighted by Crippen LogP contribution is -2.18. The monoisotopic (exact) mass is 374 g/mol. The molecule has 0 saturated carbocycles. The van der Waals surface area contributed by atoms with Crippen LogP contribution in [-0.4, -0.2) is 31.3 Å². The van der Waals surface area contributed by atoms with E-state index < -0.39 is 12.9 Å². The number of carbonyl (C=O) groups excluding carboxylic acids is 1. The molecule has 0 bridgehead atoms. The van der Waals surface area contributed by atoms with Crippen LogP contribution in [0.15, 0.2) is 29.4 Å². The molecular weight excluding hydrogens is 351 g/mol. The standard InChI is InChI=1S/C15H23N2O5PS/c1-4-11-24-23(19,21-6-3)22-14-10-8-7-9-13(14)12-16-17-15(18)20-5-2/h7-10,12H,4-6,11H2,1-3H3,(H,17,18). The van der Waals surface area contributed by atoms with Gasteiger partial charge in [0.1, 0.15) is 5.75 Å². The molecule has 0 spiro atoms. The first-order valence-corrected chi connectivity index (χ1v) is 10.8. The quantitative estimate of drug-likeness (QED) is 0.370. The zero-order valence-corrected chi connectivity index (χ0v) is 15.8. The van der Waals surface area contributed by atoms with Crippen molar-refractivity contribution >= 4 is 30.5 Å². The minimum absolute atomic E-state index is 0.257. The van der Waals surface area contributed by atoms with E-state index in [1.165, 1.54) is 6.21 Å². The van der Waals surface area contributed by atoms with Crippen LogP contribution in [0.5, 0.6) is 5.75 Å². The molecule has 24 heavy (non-hydrogen) atoms. The number of nitrogens with zero attached hydrogens (tertiary/aromatic N) is 1. The summed E-state index contributed by atoms with van der Waals surface area (Å²) in [5, 5.41) is 3.79. The smallest absolute Gasteiger partial charge is 0.440 e. The van der Waals surface area contributed by atoms with Gasteiger partial charge in [-0.15, -0.1) is 0 Å². The molecule has 1 rings (SSSR count). The number of amides is 1. The van der Waals surface area contributed by atoms with Crippen LogP contribution >= 0.6 is 18.2 Å². The van der Waals surface area contributed by atoms with Gasteiger partial charge in [-0.05, 0) is 43.8 Å². The fourth-order valence-corrected chi connectivity index (χ4v) is 5.03. The van der Waals surface area contributed by atoms with Crippen molar-refractivity contribution in [1.82, 2.24) is 5.43 Å². The molecule has 1 unspecified atom stereocenters. The summed E-state index contributed by atoms with van der Waals surface area (Å²) in [6.07, 6.45) is 1.61. The Morgan fingerprint density at radius 1 is 1.29 bits per heavy atom. The molecule has 0 aliphatic heterocycles. The summed E-state index contributed by atoms with van der Waals surface area (Å²) in [7, 11) is 0. The summed E-state index contributed by atoms with van der Waals surface area (Å²) in [6, 6.07) is 6.94. The molecule has 0 aliphatic rings. The average Bonchev–Trinajstić information content (AvgIpc) is 2.55. The van der Waals surface area contributed by atoms with E-state index in [1.807, 2.05) is 6.92 Å². The Kier molecular flexibility index (Phi) is 9.52. The van der Waals surface area contributed by atoms with Crippen LogP contribution in [0.3, 0.4) is 0 Å². The van der Waals surface area contributed by atoms with Crippen molar-refractivity contribution in [2.45, 2.75) is 27.2 Å². The third-order valence-corrected chi connectivity index (χ3v) is 6.44. The Bertz CT molecular complexity index is 597. The van der Waals surface area contributed by atoms with Gasteiger partial charge in [-0.25, -0.2) is 14.8 Å². The molecule has 0 fully saturated rings. The Morgan fingerprint density at radius 3 is 2.71 bits per heavy atom. The molecule has 0 saturated heterocycles. The SMILES string of the molecule is CCCSP(=O)(OCC)Oc1ccccc1C=NNC(=O)OCC. The number of rotatable bonds is 10. The maximum Gasteiger partial charge on any atom is 0.440 e. The maximum atomic E-state index is 12.7. The topological polar surface area (TPSA) is 86.2 Å². The van der Waals surface area contributed by atoms with Gasteiger partial charge >= 0.3 is 12.9 Å². The summed E-state index contributed by atoms with van der Waals surface area (Å²) < 4.78 is 28.4. The van der Waals surface area contributed by atoms with E-state index in [0.29, 0.717) is 17.1 Å². The van der Waals surface area contributed by atoms with E-state index in [0.717, 1.165) is 17.8 Å². The highest BCUT2D eigenvalue weighted by atomic mass is 32.7. The van der Waals surface area contributed by atoms with Gasteiger partial charge in [0.25, 0.3) is 0 Å². The number of hydrogen-bond donors (Lipinski definition) is 1. The highest BCUT2D eigenvalue weighted by molar-refractivity contribution is 8.55. The fourth-order valence-electron chi connectivity index (χ4n) is 1.56. The largest absolute Gasteiger partial charge is 0.449 e. The van der Waals surface area contributed by atoms with E-state index >= 15 is 0 Å². The minimum Gasteiger partial charge on any atom is -0.449 e. The molecule has 1 atom stereocenters.